The number of sulfone groups is 1. The fourth-order valence-electron chi connectivity index (χ4n) is 1.97. The highest BCUT2D eigenvalue weighted by Crippen LogP contribution is 2.32. The number of aryl methyl sites for hydroxylation is 2. The number of carbonyl (C=O) groups excluding carboxylic acids is 1. The van der Waals surface area contributed by atoms with Gasteiger partial charge in [0, 0.05) is 12.8 Å². The highest BCUT2D eigenvalue weighted by Gasteiger charge is 2.21. The van der Waals surface area contributed by atoms with Gasteiger partial charge in [-0.15, -0.1) is 11.3 Å². The zero-order valence-electron chi connectivity index (χ0n) is 12.8. The van der Waals surface area contributed by atoms with Crippen LogP contribution in [-0.4, -0.2) is 42.3 Å². The lowest BCUT2D eigenvalue weighted by Gasteiger charge is -2.10. The first kappa shape index (κ1) is 16.6. The number of carbonyl (C=O) groups is 1. The Bertz CT molecular complexity index is 843. The average Bonchev–Trinajstić information content (AvgIpc) is 2.71. The van der Waals surface area contributed by atoms with Crippen molar-refractivity contribution in [2.45, 2.75) is 26.0 Å². The maximum Gasteiger partial charge on any atom is 0.261 e. The number of nitrogens with one attached hydrogen (secondary N) is 1. The van der Waals surface area contributed by atoms with E-state index in [4.69, 9.17) is 5.73 Å². The maximum atomic E-state index is 12.3. The highest BCUT2D eigenvalue weighted by molar-refractivity contribution is 7.91. The molecule has 0 aliphatic rings. The van der Waals surface area contributed by atoms with Crippen molar-refractivity contribution >= 4 is 43.1 Å². The molecular weight excluding hydrogens is 324 g/mol. The standard InChI is InChI=1S/C13H18N4O3S2/c1-6(22(4,19)20)5-15-12(18)10-7(2)9-11(14)16-8(3)17-13(9)21-10/h6H,5H2,1-4H3,(H,15,18)(H2,14,16,17). The van der Waals surface area contributed by atoms with Crippen molar-refractivity contribution in [2.24, 2.45) is 0 Å². The van der Waals surface area contributed by atoms with Gasteiger partial charge in [0.15, 0.2) is 9.84 Å². The minimum absolute atomic E-state index is 0.0611. The Morgan fingerprint density at radius 2 is 2.00 bits per heavy atom. The van der Waals surface area contributed by atoms with Gasteiger partial charge in [0.05, 0.1) is 15.5 Å². The third-order valence-electron chi connectivity index (χ3n) is 3.42. The topological polar surface area (TPSA) is 115 Å². The number of anilines is 1. The van der Waals surface area contributed by atoms with Gasteiger partial charge in [-0.25, -0.2) is 18.4 Å². The molecule has 9 heteroatoms. The Morgan fingerprint density at radius 3 is 2.59 bits per heavy atom. The molecule has 1 atom stereocenters. The summed E-state index contributed by atoms with van der Waals surface area (Å²) in [7, 11) is -3.18. The molecule has 1 amide bonds. The molecule has 0 aliphatic heterocycles. The lowest BCUT2D eigenvalue weighted by Crippen LogP contribution is -2.34. The van der Waals surface area contributed by atoms with Crippen LogP contribution in [0.4, 0.5) is 5.82 Å². The molecule has 3 N–H and O–H groups in total. The molecule has 2 aromatic rings. The number of thiophene rings is 1. The predicted octanol–water partition coefficient (Wildman–Crippen LogP) is 1.05. The number of nitrogens with zero attached hydrogens (tertiary/aromatic N) is 2. The molecule has 0 aromatic carbocycles. The smallest absolute Gasteiger partial charge is 0.261 e. The van der Waals surface area contributed by atoms with E-state index in [-0.39, 0.29) is 12.5 Å². The molecule has 0 saturated carbocycles. The molecule has 0 spiro atoms. The summed E-state index contributed by atoms with van der Waals surface area (Å²) in [5.41, 5.74) is 6.61. The van der Waals surface area contributed by atoms with E-state index in [9.17, 15) is 13.2 Å². The maximum absolute atomic E-state index is 12.3. The van der Waals surface area contributed by atoms with Crippen molar-refractivity contribution in [2.75, 3.05) is 18.5 Å². The summed E-state index contributed by atoms with van der Waals surface area (Å²) in [5, 5.41) is 2.68. The number of hydrogen-bond donors (Lipinski definition) is 2. The van der Waals surface area contributed by atoms with E-state index in [1.54, 1.807) is 20.8 Å². The highest BCUT2D eigenvalue weighted by atomic mass is 32.2. The number of nitrogens with two attached hydrogens (primary N) is 1. The molecule has 22 heavy (non-hydrogen) atoms. The number of amides is 1. The van der Waals surface area contributed by atoms with Crippen LogP contribution in [0.3, 0.4) is 0 Å². The molecule has 0 saturated heterocycles. The Kier molecular flexibility index (Phi) is 4.39. The Balaban J connectivity index is 2.30. The Morgan fingerprint density at radius 1 is 1.36 bits per heavy atom. The third kappa shape index (κ3) is 3.20. The van der Waals surface area contributed by atoms with Crippen molar-refractivity contribution < 1.29 is 13.2 Å². The van der Waals surface area contributed by atoms with Crippen LogP contribution in [0.2, 0.25) is 0 Å². The molecule has 2 heterocycles. The first-order valence-electron chi connectivity index (χ1n) is 6.61. The number of aromatic nitrogens is 2. The van der Waals surface area contributed by atoms with E-state index in [1.807, 2.05) is 0 Å². The van der Waals surface area contributed by atoms with Crippen molar-refractivity contribution in [1.82, 2.24) is 15.3 Å². The average molecular weight is 342 g/mol. The minimum Gasteiger partial charge on any atom is -0.383 e. The van der Waals surface area contributed by atoms with Gasteiger partial charge in [-0.2, -0.15) is 0 Å². The Hall–Kier alpha value is -1.74. The van der Waals surface area contributed by atoms with E-state index < -0.39 is 15.1 Å². The number of rotatable bonds is 4. The van der Waals surface area contributed by atoms with Crippen LogP contribution in [-0.2, 0) is 9.84 Å². The van der Waals surface area contributed by atoms with Crippen LogP contribution in [0.25, 0.3) is 10.2 Å². The fourth-order valence-corrected chi connectivity index (χ4v) is 3.50. The van der Waals surface area contributed by atoms with Gasteiger partial charge in [-0.1, -0.05) is 0 Å². The summed E-state index contributed by atoms with van der Waals surface area (Å²) in [6.45, 7) is 5.13. The SMILES string of the molecule is Cc1nc(N)c2c(C)c(C(=O)NCC(C)S(C)(=O)=O)sc2n1. The van der Waals surface area contributed by atoms with Crippen LogP contribution >= 0.6 is 11.3 Å². The van der Waals surface area contributed by atoms with Crippen molar-refractivity contribution in [3.8, 4) is 0 Å². The van der Waals surface area contributed by atoms with E-state index in [2.05, 4.69) is 15.3 Å². The van der Waals surface area contributed by atoms with Crippen LogP contribution in [0.1, 0.15) is 28.0 Å². The van der Waals surface area contributed by atoms with Crippen LogP contribution in [0, 0.1) is 13.8 Å². The zero-order chi connectivity index (χ0) is 16.7. The van der Waals surface area contributed by atoms with Gasteiger partial charge >= 0.3 is 0 Å². The monoisotopic (exact) mass is 342 g/mol. The lowest BCUT2D eigenvalue weighted by molar-refractivity contribution is 0.0957. The molecule has 7 nitrogen and oxygen atoms in total. The van der Waals surface area contributed by atoms with Gasteiger partial charge < -0.3 is 11.1 Å². The van der Waals surface area contributed by atoms with Crippen molar-refractivity contribution in [1.29, 1.82) is 0 Å². The first-order valence-corrected chi connectivity index (χ1v) is 9.38. The van der Waals surface area contributed by atoms with E-state index in [0.29, 0.717) is 32.3 Å². The van der Waals surface area contributed by atoms with Crippen molar-refractivity contribution in [3.05, 3.63) is 16.3 Å². The summed E-state index contributed by atoms with van der Waals surface area (Å²) >= 11 is 1.23. The lowest BCUT2D eigenvalue weighted by atomic mass is 10.2. The van der Waals surface area contributed by atoms with E-state index in [1.165, 1.54) is 11.3 Å². The fraction of sp³-hybridized carbons (Fsp3) is 0.462. The minimum atomic E-state index is -3.18. The normalized spacial score (nSPS) is 13.3. The summed E-state index contributed by atoms with van der Waals surface area (Å²) in [6, 6.07) is 0. The number of nitrogen functional groups attached to an aromatic ring is 1. The van der Waals surface area contributed by atoms with Gasteiger partial charge in [0.2, 0.25) is 0 Å². The zero-order valence-corrected chi connectivity index (χ0v) is 14.4. The quantitative estimate of drug-likeness (QED) is 0.858. The van der Waals surface area contributed by atoms with Crippen LogP contribution in [0.5, 0.6) is 0 Å². The summed E-state index contributed by atoms with van der Waals surface area (Å²) in [4.78, 5) is 21.8. The first-order chi connectivity index (χ1) is 10.1. The second-order valence-corrected chi connectivity index (χ2v) is 8.71. The number of fused-ring (bicyclic) bond motifs is 1. The molecule has 0 aliphatic carbocycles. The van der Waals surface area contributed by atoms with Crippen LogP contribution in [0.15, 0.2) is 0 Å². The molecule has 2 rings (SSSR count). The second-order valence-electron chi connectivity index (χ2n) is 5.24. The van der Waals surface area contributed by atoms with Gasteiger partial charge in [0.1, 0.15) is 16.5 Å². The third-order valence-corrected chi connectivity index (χ3v) is 6.23. The molecule has 1 unspecified atom stereocenters. The molecule has 0 bridgehead atoms. The van der Waals surface area contributed by atoms with Gasteiger partial charge in [0.25, 0.3) is 5.91 Å². The summed E-state index contributed by atoms with van der Waals surface area (Å²) in [6.07, 6.45) is 1.15. The summed E-state index contributed by atoms with van der Waals surface area (Å²) < 4.78 is 22.8. The predicted molar refractivity (Wildman–Crippen MR) is 87.9 cm³/mol. The molecular formula is C13H18N4O3S2. The molecule has 120 valence electrons. The van der Waals surface area contributed by atoms with E-state index >= 15 is 0 Å². The van der Waals surface area contributed by atoms with E-state index in [0.717, 1.165) is 6.26 Å². The molecule has 0 radical (unpaired) electrons. The molecule has 0 fully saturated rings. The molecule has 2 aromatic heterocycles. The van der Waals surface area contributed by atoms with Crippen molar-refractivity contribution in [3.63, 3.8) is 0 Å². The van der Waals surface area contributed by atoms with Gasteiger partial charge in [-0.3, -0.25) is 4.79 Å². The number of hydrogen-bond acceptors (Lipinski definition) is 7. The summed E-state index contributed by atoms with van der Waals surface area (Å²) in [5.74, 6) is 0.566. The van der Waals surface area contributed by atoms with Gasteiger partial charge in [-0.05, 0) is 26.3 Å². The van der Waals surface area contributed by atoms with Crippen LogP contribution < -0.4 is 11.1 Å². The largest absolute Gasteiger partial charge is 0.383 e. The Labute approximate surface area is 132 Å². The second kappa shape index (κ2) is 5.81.